The predicted molar refractivity (Wildman–Crippen MR) is 129 cm³/mol. The summed E-state index contributed by atoms with van der Waals surface area (Å²) in [6.45, 7) is 4.24. The lowest BCUT2D eigenvalue weighted by Gasteiger charge is -2.24. The molecule has 1 saturated heterocycles. The second-order valence-corrected chi connectivity index (χ2v) is 9.50. The number of benzene rings is 1. The van der Waals surface area contributed by atoms with Gasteiger partial charge in [-0.2, -0.15) is 0 Å². The highest BCUT2D eigenvalue weighted by atomic mass is 16.8. The van der Waals surface area contributed by atoms with Crippen LogP contribution >= 0.6 is 0 Å². The molecule has 2 aliphatic rings. The van der Waals surface area contributed by atoms with Crippen LogP contribution in [0.2, 0.25) is 0 Å². The molecule has 2 fully saturated rings. The number of azide groups is 1. The summed E-state index contributed by atoms with van der Waals surface area (Å²) < 4.78 is 25.5. The van der Waals surface area contributed by atoms with Gasteiger partial charge >= 0.3 is 0 Å². The molecule has 4 atom stereocenters. The van der Waals surface area contributed by atoms with Crippen LogP contribution in [0.1, 0.15) is 37.6 Å². The smallest absolute Gasteiger partial charge is 0.163 e. The first-order valence-corrected chi connectivity index (χ1v) is 11.8. The predicted octanol–water partition coefficient (Wildman–Crippen LogP) is 4.63. The number of fused-ring (bicyclic) bond motifs is 2. The van der Waals surface area contributed by atoms with Crippen molar-refractivity contribution in [1.82, 2.24) is 14.5 Å². The number of hydrogen-bond donors (Lipinski definition) is 0. The normalized spacial score (nSPS) is 24.8. The zero-order valence-electron chi connectivity index (χ0n) is 20.4. The average molecular weight is 479 g/mol. The molecule has 35 heavy (non-hydrogen) atoms. The fourth-order valence-electron chi connectivity index (χ4n) is 5.45. The van der Waals surface area contributed by atoms with Gasteiger partial charge < -0.3 is 23.5 Å². The zero-order chi connectivity index (χ0) is 24.6. The van der Waals surface area contributed by atoms with E-state index in [2.05, 4.69) is 36.8 Å². The number of ether oxygens (including phenoxy) is 4. The standard InChI is InChI=1S/C25H30N6O4/c1-25(2)34-22-16(13-29-30-26)11-20(23(22)35-25)31-10-9-18-19(27-14-28-24(18)31)8-6-15-5-7-17(32-3)12-21(15)33-4/h5,7,9-10,12,14,16,20,22-23H,6,8,11,13H2,1-4H3/t16-,20-,22-,23+/m1/s1. The van der Waals surface area contributed by atoms with E-state index in [4.69, 9.17) is 24.5 Å². The van der Waals surface area contributed by atoms with Crippen LogP contribution in [0.25, 0.3) is 21.5 Å². The van der Waals surface area contributed by atoms with E-state index < -0.39 is 5.79 Å². The van der Waals surface area contributed by atoms with E-state index in [1.54, 1.807) is 20.5 Å². The van der Waals surface area contributed by atoms with E-state index in [0.717, 1.165) is 53.1 Å². The molecule has 0 unspecified atom stereocenters. The summed E-state index contributed by atoms with van der Waals surface area (Å²) >= 11 is 0. The number of aromatic nitrogens is 3. The summed E-state index contributed by atoms with van der Waals surface area (Å²) in [7, 11) is 3.31. The van der Waals surface area contributed by atoms with Gasteiger partial charge in [0.1, 0.15) is 29.6 Å². The van der Waals surface area contributed by atoms with E-state index in [0.29, 0.717) is 6.54 Å². The van der Waals surface area contributed by atoms with Crippen LogP contribution in [0.3, 0.4) is 0 Å². The third-order valence-electron chi connectivity index (χ3n) is 7.01. The van der Waals surface area contributed by atoms with Gasteiger partial charge in [0.2, 0.25) is 0 Å². The van der Waals surface area contributed by atoms with Crippen LogP contribution < -0.4 is 9.47 Å². The average Bonchev–Trinajstić information content (AvgIpc) is 3.52. The Hall–Kier alpha value is -3.33. The second kappa shape index (κ2) is 9.37. The summed E-state index contributed by atoms with van der Waals surface area (Å²) in [6.07, 6.45) is 5.73. The number of nitrogens with zero attached hydrogens (tertiary/aromatic N) is 6. The minimum absolute atomic E-state index is 0.0302. The molecule has 0 radical (unpaired) electrons. The van der Waals surface area contributed by atoms with Gasteiger partial charge in [0, 0.05) is 29.1 Å². The van der Waals surface area contributed by atoms with E-state index >= 15 is 0 Å². The van der Waals surface area contributed by atoms with Crippen molar-refractivity contribution in [3.8, 4) is 11.5 Å². The van der Waals surface area contributed by atoms with Crippen molar-refractivity contribution >= 4 is 11.0 Å². The quantitative estimate of drug-likeness (QED) is 0.265. The van der Waals surface area contributed by atoms with Gasteiger partial charge in [0.15, 0.2) is 5.79 Å². The fraction of sp³-hybridized carbons (Fsp3) is 0.520. The molecule has 0 N–H and O–H groups in total. The van der Waals surface area contributed by atoms with Crippen molar-refractivity contribution in [1.29, 1.82) is 0 Å². The van der Waals surface area contributed by atoms with Crippen molar-refractivity contribution < 1.29 is 18.9 Å². The van der Waals surface area contributed by atoms with Crippen LogP contribution in [0, 0.1) is 5.92 Å². The van der Waals surface area contributed by atoms with E-state index in [9.17, 15) is 0 Å². The van der Waals surface area contributed by atoms with E-state index in [1.807, 2.05) is 32.0 Å². The molecular formula is C25H30N6O4. The summed E-state index contributed by atoms with van der Waals surface area (Å²) in [5.74, 6) is 0.977. The number of methoxy groups -OCH3 is 2. The van der Waals surface area contributed by atoms with Gasteiger partial charge in [-0.25, -0.2) is 9.97 Å². The van der Waals surface area contributed by atoms with Gasteiger partial charge in [-0.15, -0.1) is 0 Å². The molecule has 5 rings (SSSR count). The van der Waals surface area contributed by atoms with Gasteiger partial charge in [0.25, 0.3) is 0 Å². The Morgan fingerprint density at radius 2 is 1.97 bits per heavy atom. The first-order chi connectivity index (χ1) is 16.9. The largest absolute Gasteiger partial charge is 0.497 e. The van der Waals surface area contributed by atoms with Crippen LogP contribution in [-0.4, -0.2) is 53.3 Å². The summed E-state index contributed by atoms with van der Waals surface area (Å²) in [5, 5.41) is 4.85. The van der Waals surface area contributed by atoms with Gasteiger partial charge in [-0.1, -0.05) is 11.2 Å². The highest BCUT2D eigenvalue weighted by Crippen LogP contribution is 2.47. The van der Waals surface area contributed by atoms with Crippen molar-refractivity contribution in [3.63, 3.8) is 0 Å². The third kappa shape index (κ3) is 4.40. The minimum Gasteiger partial charge on any atom is -0.497 e. The summed E-state index contributed by atoms with van der Waals surface area (Å²) in [4.78, 5) is 12.2. The molecule has 10 heteroatoms. The molecule has 1 aliphatic heterocycles. The van der Waals surface area contributed by atoms with Crippen LogP contribution in [-0.2, 0) is 22.3 Å². The molecule has 3 aromatic rings. The lowest BCUT2D eigenvalue weighted by Crippen LogP contribution is -2.27. The lowest BCUT2D eigenvalue weighted by atomic mass is 10.1. The molecule has 1 aliphatic carbocycles. The molecule has 3 heterocycles. The Kier molecular flexibility index (Phi) is 6.27. The van der Waals surface area contributed by atoms with Gasteiger partial charge in [0.05, 0.1) is 32.1 Å². The van der Waals surface area contributed by atoms with Crippen LogP contribution in [0.5, 0.6) is 11.5 Å². The first kappa shape index (κ1) is 23.4. The van der Waals surface area contributed by atoms with Crippen LogP contribution in [0.15, 0.2) is 41.9 Å². The first-order valence-electron chi connectivity index (χ1n) is 11.8. The summed E-state index contributed by atoms with van der Waals surface area (Å²) in [5.41, 5.74) is 11.8. The van der Waals surface area contributed by atoms with E-state index in [1.165, 1.54) is 0 Å². The Labute approximate surface area is 203 Å². The zero-order valence-corrected chi connectivity index (χ0v) is 20.4. The molecule has 0 bridgehead atoms. The molecule has 2 aromatic heterocycles. The van der Waals surface area contributed by atoms with Crippen molar-refractivity contribution in [2.75, 3.05) is 20.8 Å². The minimum atomic E-state index is -0.677. The number of rotatable bonds is 8. The lowest BCUT2D eigenvalue weighted by molar-refractivity contribution is -0.159. The Morgan fingerprint density at radius 1 is 1.14 bits per heavy atom. The highest BCUT2D eigenvalue weighted by molar-refractivity contribution is 5.78. The summed E-state index contributed by atoms with van der Waals surface area (Å²) in [6, 6.07) is 7.98. The van der Waals surface area contributed by atoms with Crippen LogP contribution in [0.4, 0.5) is 0 Å². The maximum atomic E-state index is 8.83. The Bertz CT molecular complexity index is 1270. The SMILES string of the molecule is COc1ccc(CCc2ncnc3c2ccn3[C@@H]2C[C@H](CN=[N+]=[N-])[C@H]3OC(C)(C)O[C@H]32)c(OC)c1. The van der Waals surface area contributed by atoms with Crippen molar-refractivity contribution in [3.05, 3.63) is 58.5 Å². The molecular weight excluding hydrogens is 448 g/mol. The third-order valence-corrected chi connectivity index (χ3v) is 7.01. The number of aryl methyl sites for hydroxylation is 2. The Balaban J connectivity index is 1.41. The van der Waals surface area contributed by atoms with Gasteiger partial charge in [-0.05, 0) is 62.3 Å². The Morgan fingerprint density at radius 3 is 2.74 bits per heavy atom. The van der Waals surface area contributed by atoms with Crippen molar-refractivity contribution in [2.45, 2.75) is 57.1 Å². The fourth-order valence-corrected chi connectivity index (χ4v) is 5.45. The maximum absolute atomic E-state index is 8.83. The molecule has 0 spiro atoms. The molecule has 1 saturated carbocycles. The monoisotopic (exact) mass is 478 g/mol. The topological polar surface area (TPSA) is 116 Å². The molecule has 184 valence electrons. The second-order valence-electron chi connectivity index (χ2n) is 9.50. The van der Waals surface area contributed by atoms with E-state index in [-0.39, 0.29) is 24.2 Å². The molecule has 10 nitrogen and oxygen atoms in total. The van der Waals surface area contributed by atoms with Gasteiger partial charge in [-0.3, -0.25) is 0 Å². The molecule has 1 aromatic carbocycles. The van der Waals surface area contributed by atoms with Crippen molar-refractivity contribution in [2.24, 2.45) is 11.0 Å². The maximum Gasteiger partial charge on any atom is 0.163 e. The number of hydrogen-bond acceptors (Lipinski definition) is 7. The molecule has 0 amide bonds. The highest BCUT2D eigenvalue weighted by Gasteiger charge is 2.54.